The number of methoxy groups -OCH3 is 1. The Morgan fingerprint density at radius 1 is 1.47 bits per heavy atom. The molecule has 1 N–H and O–H groups in total. The van der Waals surface area contributed by atoms with Gasteiger partial charge >= 0.3 is 5.97 Å². The van der Waals surface area contributed by atoms with Crippen LogP contribution in [-0.2, 0) is 24.5 Å². The van der Waals surface area contributed by atoms with Crippen LogP contribution in [0.15, 0.2) is 0 Å². The predicted molar refractivity (Wildman–Crippen MR) is 67.6 cm³/mol. The van der Waals surface area contributed by atoms with Crippen LogP contribution in [0.5, 0.6) is 0 Å². The van der Waals surface area contributed by atoms with Crippen LogP contribution < -0.4 is 4.72 Å². The Labute approximate surface area is 113 Å². The van der Waals surface area contributed by atoms with Crippen molar-refractivity contribution in [1.29, 1.82) is 0 Å². The standard InChI is InChI=1S/C11H20N2O5S/c1-13(6-5-11(14)17-2)19(15,16)12-9-7-8-3-4-10(9)18-8/h8-10,12H,3-7H2,1-2H3. The minimum absolute atomic E-state index is 0.00576. The number of hydrogen-bond donors (Lipinski definition) is 1. The molecule has 2 heterocycles. The van der Waals surface area contributed by atoms with Gasteiger partial charge in [-0.2, -0.15) is 17.4 Å². The highest BCUT2D eigenvalue weighted by Crippen LogP contribution is 2.34. The maximum absolute atomic E-state index is 12.1. The Kier molecular flexibility index (Phi) is 4.44. The summed E-state index contributed by atoms with van der Waals surface area (Å²) in [6.45, 7) is 0.101. The van der Waals surface area contributed by atoms with Crippen molar-refractivity contribution in [1.82, 2.24) is 9.03 Å². The Balaban J connectivity index is 1.85. The zero-order valence-electron chi connectivity index (χ0n) is 11.2. The predicted octanol–water partition coefficient (Wildman–Crippen LogP) is -0.364. The van der Waals surface area contributed by atoms with Crippen molar-refractivity contribution in [3.8, 4) is 0 Å². The van der Waals surface area contributed by atoms with Gasteiger partial charge in [0, 0.05) is 13.6 Å². The fourth-order valence-corrected chi connectivity index (χ4v) is 3.66. The van der Waals surface area contributed by atoms with Gasteiger partial charge in [0.2, 0.25) is 0 Å². The molecular formula is C11H20N2O5S. The molecule has 0 aromatic heterocycles. The quantitative estimate of drug-likeness (QED) is 0.676. The van der Waals surface area contributed by atoms with Gasteiger partial charge in [-0.15, -0.1) is 0 Å². The van der Waals surface area contributed by atoms with Crippen molar-refractivity contribution < 1.29 is 22.7 Å². The van der Waals surface area contributed by atoms with Gasteiger partial charge in [-0.3, -0.25) is 4.79 Å². The van der Waals surface area contributed by atoms with Gasteiger partial charge in [0.15, 0.2) is 0 Å². The summed E-state index contributed by atoms with van der Waals surface area (Å²) in [6, 6.07) is -0.149. The number of fused-ring (bicyclic) bond motifs is 2. The summed E-state index contributed by atoms with van der Waals surface area (Å²) >= 11 is 0. The van der Waals surface area contributed by atoms with E-state index in [1.807, 2.05) is 0 Å². The zero-order chi connectivity index (χ0) is 14.0. The molecule has 0 aromatic rings. The van der Waals surface area contributed by atoms with Gasteiger partial charge in [0.25, 0.3) is 10.2 Å². The summed E-state index contributed by atoms with van der Waals surface area (Å²) in [5.41, 5.74) is 0. The summed E-state index contributed by atoms with van der Waals surface area (Å²) in [5.74, 6) is -0.426. The van der Waals surface area contributed by atoms with Crippen LogP contribution in [0.1, 0.15) is 25.7 Å². The number of ether oxygens (including phenoxy) is 2. The van der Waals surface area contributed by atoms with Crippen LogP contribution in [0.4, 0.5) is 0 Å². The SMILES string of the molecule is COC(=O)CCN(C)S(=O)(=O)NC1CC2CCC1O2. The van der Waals surface area contributed by atoms with Crippen molar-refractivity contribution in [3.63, 3.8) is 0 Å². The van der Waals surface area contributed by atoms with Gasteiger partial charge in [-0.25, -0.2) is 0 Å². The molecule has 3 unspecified atom stereocenters. The van der Waals surface area contributed by atoms with E-state index in [9.17, 15) is 13.2 Å². The molecule has 2 rings (SSSR count). The first-order valence-corrected chi connectivity index (χ1v) is 7.82. The van der Waals surface area contributed by atoms with Crippen molar-refractivity contribution in [2.24, 2.45) is 0 Å². The number of hydrogen-bond acceptors (Lipinski definition) is 5. The lowest BCUT2D eigenvalue weighted by Gasteiger charge is -2.24. The molecule has 2 bridgehead atoms. The fraction of sp³-hybridized carbons (Fsp3) is 0.909. The van der Waals surface area contributed by atoms with E-state index in [2.05, 4.69) is 9.46 Å². The van der Waals surface area contributed by atoms with Crippen LogP contribution in [0.25, 0.3) is 0 Å². The molecule has 7 nitrogen and oxygen atoms in total. The first-order chi connectivity index (χ1) is 8.92. The van der Waals surface area contributed by atoms with Gasteiger partial charge in [-0.05, 0) is 19.3 Å². The maximum atomic E-state index is 12.1. The number of nitrogens with one attached hydrogen (secondary N) is 1. The lowest BCUT2D eigenvalue weighted by molar-refractivity contribution is -0.140. The lowest BCUT2D eigenvalue weighted by atomic mass is 9.96. The van der Waals surface area contributed by atoms with E-state index < -0.39 is 16.2 Å². The van der Waals surface area contributed by atoms with Crippen molar-refractivity contribution >= 4 is 16.2 Å². The van der Waals surface area contributed by atoms with E-state index in [-0.39, 0.29) is 31.2 Å². The minimum atomic E-state index is -3.57. The molecule has 0 aliphatic carbocycles. The van der Waals surface area contributed by atoms with Crippen LogP contribution in [0.2, 0.25) is 0 Å². The van der Waals surface area contributed by atoms with Crippen LogP contribution in [0.3, 0.4) is 0 Å². The third kappa shape index (κ3) is 3.44. The number of carbonyl (C=O) groups is 1. The van der Waals surface area contributed by atoms with E-state index in [1.54, 1.807) is 0 Å². The Bertz CT molecular complexity index is 438. The summed E-state index contributed by atoms with van der Waals surface area (Å²) in [5, 5.41) is 0. The monoisotopic (exact) mass is 292 g/mol. The third-order valence-electron chi connectivity index (χ3n) is 3.68. The molecule has 0 radical (unpaired) electrons. The molecule has 0 spiro atoms. The summed E-state index contributed by atoms with van der Waals surface area (Å²) < 4.78 is 38.0. The van der Waals surface area contributed by atoms with Gasteiger partial charge in [0.05, 0.1) is 31.8 Å². The second-order valence-corrected chi connectivity index (χ2v) is 6.80. The molecule has 3 atom stereocenters. The topological polar surface area (TPSA) is 84.9 Å². The third-order valence-corrected chi connectivity index (χ3v) is 5.28. The molecule has 19 heavy (non-hydrogen) atoms. The first kappa shape index (κ1) is 14.7. The highest BCUT2D eigenvalue weighted by molar-refractivity contribution is 7.87. The van der Waals surface area contributed by atoms with Crippen LogP contribution in [0, 0.1) is 0 Å². The molecule has 2 saturated heterocycles. The average molecular weight is 292 g/mol. The Morgan fingerprint density at radius 3 is 2.74 bits per heavy atom. The van der Waals surface area contributed by atoms with Crippen LogP contribution in [-0.4, -0.2) is 57.6 Å². The molecule has 8 heteroatoms. The van der Waals surface area contributed by atoms with E-state index >= 15 is 0 Å². The van der Waals surface area contributed by atoms with E-state index in [0.717, 1.165) is 23.6 Å². The van der Waals surface area contributed by atoms with Gasteiger partial charge in [-0.1, -0.05) is 0 Å². The van der Waals surface area contributed by atoms with E-state index in [4.69, 9.17) is 4.74 Å². The number of carbonyl (C=O) groups excluding carboxylic acids is 1. The average Bonchev–Trinajstić information content (AvgIpc) is 2.96. The molecule has 2 aliphatic rings. The Morgan fingerprint density at radius 2 is 2.21 bits per heavy atom. The molecule has 2 aliphatic heterocycles. The lowest BCUT2D eigenvalue weighted by Crippen LogP contribution is -2.47. The molecule has 0 saturated carbocycles. The minimum Gasteiger partial charge on any atom is -0.469 e. The molecule has 0 amide bonds. The zero-order valence-corrected chi connectivity index (χ0v) is 12.0. The summed E-state index contributed by atoms with van der Waals surface area (Å²) in [6.07, 6.45) is 2.88. The Hall–Kier alpha value is -0.700. The number of esters is 1. The molecule has 0 aromatic carbocycles. The second kappa shape index (κ2) is 5.74. The molecular weight excluding hydrogens is 272 g/mol. The normalized spacial score (nSPS) is 29.9. The fourth-order valence-electron chi connectivity index (χ4n) is 2.51. The highest BCUT2D eigenvalue weighted by atomic mass is 32.2. The first-order valence-electron chi connectivity index (χ1n) is 6.38. The smallest absolute Gasteiger partial charge is 0.306 e. The van der Waals surface area contributed by atoms with E-state index in [1.165, 1.54) is 14.2 Å². The van der Waals surface area contributed by atoms with E-state index in [0.29, 0.717) is 0 Å². The van der Waals surface area contributed by atoms with Crippen molar-refractivity contribution in [2.45, 2.75) is 43.9 Å². The number of rotatable bonds is 6. The van der Waals surface area contributed by atoms with Gasteiger partial charge in [0.1, 0.15) is 0 Å². The van der Waals surface area contributed by atoms with Crippen molar-refractivity contribution in [3.05, 3.63) is 0 Å². The molecule has 110 valence electrons. The summed E-state index contributed by atoms with van der Waals surface area (Å²) in [7, 11) is -0.851. The van der Waals surface area contributed by atoms with Gasteiger partial charge < -0.3 is 9.47 Å². The summed E-state index contributed by atoms with van der Waals surface area (Å²) in [4.78, 5) is 11.0. The highest BCUT2D eigenvalue weighted by Gasteiger charge is 2.42. The van der Waals surface area contributed by atoms with Crippen LogP contribution >= 0.6 is 0 Å². The largest absolute Gasteiger partial charge is 0.469 e. The van der Waals surface area contributed by atoms with Crippen molar-refractivity contribution in [2.75, 3.05) is 20.7 Å². The number of nitrogens with zero attached hydrogens (tertiary/aromatic N) is 1. The molecule has 2 fully saturated rings. The maximum Gasteiger partial charge on any atom is 0.306 e. The second-order valence-electron chi connectivity index (χ2n) is 4.99.